The number of carbonyl (C=O) groups excluding carboxylic acids is 2. The van der Waals surface area contributed by atoms with Crippen molar-refractivity contribution in [3.63, 3.8) is 0 Å². The van der Waals surface area contributed by atoms with Crippen LogP contribution in [0.4, 0.5) is 0 Å². The van der Waals surface area contributed by atoms with Gasteiger partial charge in [0.15, 0.2) is 0 Å². The number of nitrogens with one attached hydrogen (secondary N) is 5. The van der Waals surface area contributed by atoms with Crippen molar-refractivity contribution in [1.82, 2.24) is 31.8 Å². The highest BCUT2D eigenvalue weighted by molar-refractivity contribution is 5.82. The molecule has 0 radical (unpaired) electrons. The maximum Gasteiger partial charge on any atom is 0.237 e. The molecule has 2 aliphatic heterocycles. The lowest BCUT2D eigenvalue weighted by Crippen LogP contribution is -2.55. The van der Waals surface area contributed by atoms with Crippen LogP contribution in [0.3, 0.4) is 0 Å². The fraction of sp³-hybridized carbons (Fsp3) is 0.500. The molecule has 2 aromatic rings. The highest BCUT2D eigenvalue weighted by atomic mass is 16.2. The number of fused-ring (bicyclic) bond motifs is 1. The third-order valence-corrected chi connectivity index (χ3v) is 7.57. The zero-order chi connectivity index (χ0) is 23.3. The van der Waals surface area contributed by atoms with Crippen molar-refractivity contribution >= 4 is 11.8 Å². The molecule has 5 rings (SSSR count). The van der Waals surface area contributed by atoms with Crippen molar-refractivity contribution in [3.8, 4) is 0 Å². The van der Waals surface area contributed by atoms with Crippen LogP contribution in [-0.4, -0.2) is 41.5 Å². The molecule has 0 spiro atoms. The number of amides is 2. The number of carbonyl (C=O) groups is 2. The fourth-order valence-corrected chi connectivity index (χ4v) is 5.63. The molecule has 5 N–H and O–H groups in total. The molecule has 3 fully saturated rings. The highest BCUT2D eigenvalue weighted by Gasteiger charge is 2.43. The molecule has 180 valence electrons. The van der Waals surface area contributed by atoms with Gasteiger partial charge in [-0.15, -0.1) is 0 Å². The summed E-state index contributed by atoms with van der Waals surface area (Å²) in [7, 11) is 0. The molecule has 0 bridgehead atoms. The second-order valence-corrected chi connectivity index (χ2v) is 9.77. The van der Waals surface area contributed by atoms with Crippen molar-refractivity contribution in [1.29, 1.82) is 0 Å². The Morgan fingerprint density at radius 3 is 2.53 bits per heavy atom. The number of rotatable bonds is 6. The van der Waals surface area contributed by atoms with Gasteiger partial charge in [0, 0.05) is 43.5 Å². The Balaban J connectivity index is 1.08. The number of hydrogen-bond donors (Lipinski definition) is 5. The first kappa shape index (κ1) is 23.0. The average Bonchev–Trinajstić information content (AvgIpc) is 3.32. The third kappa shape index (κ3) is 5.29. The van der Waals surface area contributed by atoms with Gasteiger partial charge in [-0.25, -0.2) is 5.43 Å². The summed E-state index contributed by atoms with van der Waals surface area (Å²) < 4.78 is 0. The summed E-state index contributed by atoms with van der Waals surface area (Å²) in [5, 5.41) is 9.59. The molecule has 8 nitrogen and oxygen atoms in total. The first-order valence-electron chi connectivity index (χ1n) is 12.4. The molecular formula is C26H34N6O2. The molecule has 1 aromatic heterocycles. The Labute approximate surface area is 200 Å². The molecule has 1 aromatic carbocycles. The van der Waals surface area contributed by atoms with Gasteiger partial charge in [0.25, 0.3) is 0 Å². The van der Waals surface area contributed by atoms with E-state index < -0.39 is 0 Å². The first-order chi connectivity index (χ1) is 16.7. The molecule has 3 aliphatic rings. The van der Waals surface area contributed by atoms with Crippen LogP contribution in [0.25, 0.3) is 0 Å². The Morgan fingerprint density at radius 2 is 1.76 bits per heavy atom. The van der Waals surface area contributed by atoms with Crippen LogP contribution in [0.1, 0.15) is 49.3 Å². The largest absolute Gasteiger partial charge is 0.352 e. The second-order valence-electron chi connectivity index (χ2n) is 9.77. The average molecular weight is 463 g/mol. The van der Waals surface area contributed by atoms with E-state index in [2.05, 4.69) is 31.8 Å². The lowest BCUT2D eigenvalue weighted by molar-refractivity contribution is -0.127. The van der Waals surface area contributed by atoms with Crippen LogP contribution in [0.15, 0.2) is 54.9 Å². The van der Waals surface area contributed by atoms with Gasteiger partial charge in [0.2, 0.25) is 11.8 Å². The van der Waals surface area contributed by atoms with Crippen molar-refractivity contribution in [2.75, 3.05) is 6.54 Å². The van der Waals surface area contributed by atoms with E-state index in [9.17, 15) is 9.59 Å². The lowest BCUT2D eigenvalue weighted by atomic mass is 9.74. The molecule has 4 unspecified atom stereocenters. The number of piperidine rings is 1. The summed E-state index contributed by atoms with van der Waals surface area (Å²) in [5.41, 5.74) is 9.17. The van der Waals surface area contributed by atoms with Crippen molar-refractivity contribution < 1.29 is 9.59 Å². The van der Waals surface area contributed by atoms with Gasteiger partial charge in [0.1, 0.15) is 0 Å². The van der Waals surface area contributed by atoms with Gasteiger partial charge < -0.3 is 16.0 Å². The second kappa shape index (κ2) is 10.6. The topological polar surface area (TPSA) is 107 Å². The van der Waals surface area contributed by atoms with Crippen molar-refractivity contribution in [3.05, 3.63) is 66.0 Å². The maximum absolute atomic E-state index is 13.1. The van der Waals surface area contributed by atoms with Crippen molar-refractivity contribution in [2.45, 2.75) is 62.8 Å². The molecular weight excluding hydrogens is 428 g/mol. The van der Waals surface area contributed by atoms with Crippen LogP contribution >= 0.6 is 0 Å². The zero-order valence-electron chi connectivity index (χ0n) is 19.4. The number of nitrogens with zero attached hydrogens (tertiary/aromatic N) is 1. The molecule has 34 heavy (non-hydrogen) atoms. The predicted molar refractivity (Wildman–Crippen MR) is 129 cm³/mol. The van der Waals surface area contributed by atoms with Gasteiger partial charge in [-0.05, 0) is 61.3 Å². The minimum absolute atomic E-state index is 0.0235. The van der Waals surface area contributed by atoms with Gasteiger partial charge in [-0.1, -0.05) is 30.3 Å². The summed E-state index contributed by atoms with van der Waals surface area (Å²) in [4.78, 5) is 29.8. The Morgan fingerprint density at radius 1 is 0.941 bits per heavy atom. The zero-order valence-corrected chi connectivity index (χ0v) is 19.4. The number of pyridine rings is 1. The van der Waals surface area contributed by atoms with E-state index in [0.29, 0.717) is 25.0 Å². The molecule has 2 amide bonds. The van der Waals surface area contributed by atoms with Gasteiger partial charge in [-0.2, -0.15) is 0 Å². The van der Waals surface area contributed by atoms with Crippen LogP contribution < -0.4 is 26.8 Å². The SMILES string of the molecule is O=C(N[C@@H]1CC[C@H](C(=O)NCc2ccccc2)NC1)C1CCC2NNC(c3ccncc3)C2C1. The van der Waals surface area contributed by atoms with E-state index in [1.54, 1.807) is 0 Å². The van der Waals surface area contributed by atoms with Crippen molar-refractivity contribution in [2.24, 2.45) is 11.8 Å². The summed E-state index contributed by atoms with van der Waals surface area (Å²) >= 11 is 0. The summed E-state index contributed by atoms with van der Waals surface area (Å²) in [5.74, 6) is 0.584. The smallest absolute Gasteiger partial charge is 0.237 e. The Hall–Kier alpha value is -2.81. The first-order valence-corrected chi connectivity index (χ1v) is 12.4. The number of aromatic nitrogens is 1. The lowest BCUT2D eigenvalue weighted by Gasteiger charge is -2.35. The van der Waals surface area contributed by atoms with E-state index in [1.807, 2.05) is 54.9 Å². The maximum atomic E-state index is 13.1. The van der Waals surface area contributed by atoms with Crippen LogP contribution in [0.2, 0.25) is 0 Å². The molecule has 3 heterocycles. The predicted octanol–water partition coefficient (Wildman–Crippen LogP) is 1.57. The molecule has 8 heteroatoms. The summed E-state index contributed by atoms with van der Waals surface area (Å²) in [6, 6.07) is 14.5. The highest BCUT2D eigenvalue weighted by Crippen LogP contribution is 2.40. The Kier molecular flexibility index (Phi) is 7.18. The van der Waals surface area contributed by atoms with E-state index in [-0.39, 0.29) is 35.9 Å². The minimum atomic E-state index is -0.205. The van der Waals surface area contributed by atoms with E-state index in [1.165, 1.54) is 5.56 Å². The molecule has 2 saturated heterocycles. The molecule has 1 aliphatic carbocycles. The number of benzene rings is 1. The van der Waals surface area contributed by atoms with Gasteiger partial charge in [0.05, 0.1) is 12.1 Å². The monoisotopic (exact) mass is 462 g/mol. The van der Waals surface area contributed by atoms with Crippen LogP contribution in [0.5, 0.6) is 0 Å². The quantitative estimate of drug-likeness (QED) is 0.446. The number of hydrazine groups is 1. The van der Waals surface area contributed by atoms with Gasteiger partial charge >= 0.3 is 0 Å². The summed E-state index contributed by atoms with van der Waals surface area (Å²) in [6.07, 6.45) is 7.93. The van der Waals surface area contributed by atoms with Crippen LogP contribution in [0, 0.1) is 11.8 Å². The van der Waals surface area contributed by atoms with Crippen LogP contribution in [-0.2, 0) is 16.1 Å². The normalized spacial score (nSPS) is 30.8. The van der Waals surface area contributed by atoms with E-state index in [4.69, 9.17) is 0 Å². The number of hydrogen-bond acceptors (Lipinski definition) is 6. The van der Waals surface area contributed by atoms with E-state index in [0.717, 1.165) is 37.7 Å². The third-order valence-electron chi connectivity index (χ3n) is 7.57. The fourth-order valence-electron chi connectivity index (χ4n) is 5.63. The standard InChI is InChI=1S/C26H34N6O2/c33-25(19-6-8-22-21(14-19)24(32-31-22)18-10-12-27-13-11-18)30-20-7-9-23(28-16-20)26(34)29-15-17-4-2-1-3-5-17/h1-5,10-13,19-24,28,31-32H,6-9,14-16H2,(H,29,34)(H,30,33)/t19?,20-,21?,22?,23-,24?/m1/s1. The Bertz CT molecular complexity index is 964. The molecule has 1 saturated carbocycles. The minimum Gasteiger partial charge on any atom is -0.352 e. The van der Waals surface area contributed by atoms with E-state index >= 15 is 0 Å². The van der Waals surface area contributed by atoms with Gasteiger partial charge in [-0.3, -0.25) is 20.0 Å². The molecule has 6 atom stereocenters. The summed E-state index contributed by atoms with van der Waals surface area (Å²) in [6.45, 7) is 1.16.